The van der Waals surface area contributed by atoms with Crippen molar-refractivity contribution in [1.29, 1.82) is 0 Å². The number of benzene rings is 1. The zero-order valence-electron chi connectivity index (χ0n) is 11.8. The van der Waals surface area contributed by atoms with Gasteiger partial charge in [0.1, 0.15) is 5.75 Å². The summed E-state index contributed by atoms with van der Waals surface area (Å²) in [7, 11) is 0. The van der Waals surface area contributed by atoms with Gasteiger partial charge in [0.05, 0.1) is 0 Å². The van der Waals surface area contributed by atoms with Crippen LogP contribution in [0.1, 0.15) is 56.7 Å². The lowest BCUT2D eigenvalue weighted by atomic mass is 9.67. The zero-order valence-corrected chi connectivity index (χ0v) is 11.8. The Bertz CT molecular complexity index is 404. The van der Waals surface area contributed by atoms with Crippen molar-refractivity contribution in [1.82, 2.24) is 5.32 Å². The molecule has 2 nitrogen and oxygen atoms in total. The van der Waals surface area contributed by atoms with E-state index in [9.17, 15) is 5.11 Å². The molecule has 0 amide bonds. The molecule has 0 aromatic heterocycles. The molecule has 100 valence electrons. The molecular formula is C16H25NO. The van der Waals surface area contributed by atoms with Gasteiger partial charge in [0.15, 0.2) is 0 Å². The van der Waals surface area contributed by atoms with E-state index in [4.69, 9.17) is 0 Å². The van der Waals surface area contributed by atoms with Crippen LogP contribution in [0.4, 0.5) is 0 Å². The molecule has 0 radical (unpaired) electrons. The average molecular weight is 247 g/mol. The molecular weight excluding hydrogens is 222 g/mol. The number of aryl methyl sites for hydroxylation is 1. The Labute approximate surface area is 110 Å². The Morgan fingerprint density at radius 3 is 2.61 bits per heavy atom. The first-order valence-corrected chi connectivity index (χ1v) is 7.09. The molecule has 1 aliphatic carbocycles. The number of hydrogen-bond donors (Lipinski definition) is 2. The van der Waals surface area contributed by atoms with Gasteiger partial charge in [0.2, 0.25) is 0 Å². The van der Waals surface area contributed by atoms with Crippen LogP contribution in [0, 0.1) is 12.3 Å². The maximum Gasteiger partial charge on any atom is 0.120 e. The van der Waals surface area contributed by atoms with Crippen molar-refractivity contribution in [3.8, 4) is 5.75 Å². The summed E-state index contributed by atoms with van der Waals surface area (Å²) >= 11 is 0. The van der Waals surface area contributed by atoms with Gasteiger partial charge in [0, 0.05) is 18.2 Å². The molecule has 2 N–H and O–H groups in total. The maximum atomic E-state index is 9.98. The second-order valence-corrected chi connectivity index (χ2v) is 5.87. The average Bonchev–Trinajstić information content (AvgIpc) is 2.27. The smallest absolute Gasteiger partial charge is 0.120 e. The zero-order chi connectivity index (χ0) is 13.2. The van der Waals surface area contributed by atoms with Gasteiger partial charge >= 0.3 is 0 Å². The molecule has 0 saturated heterocycles. The summed E-state index contributed by atoms with van der Waals surface area (Å²) in [5.74, 6) is 0.411. The highest BCUT2D eigenvalue weighted by molar-refractivity contribution is 5.37. The van der Waals surface area contributed by atoms with Gasteiger partial charge in [0.25, 0.3) is 0 Å². The first-order chi connectivity index (χ1) is 8.56. The Hall–Kier alpha value is -1.02. The molecule has 1 atom stereocenters. The molecule has 1 unspecified atom stereocenters. The molecule has 1 saturated carbocycles. The number of nitrogens with one attached hydrogen (secondary N) is 1. The normalized spacial score (nSPS) is 19.3. The van der Waals surface area contributed by atoms with Crippen LogP contribution in [0.2, 0.25) is 0 Å². The maximum absolute atomic E-state index is 9.98. The highest BCUT2D eigenvalue weighted by atomic mass is 16.3. The minimum Gasteiger partial charge on any atom is -0.508 e. The second-order valence-electron chi connectivity index (χ2n) is 5.87. The van der Waals surface area contributed by atoms with Crippen LogP contribution in [0.25, 0.3) is 0 Å². The molecule has 1 aromatic carbocycles. The number of hydrogen-bond acceptors (Lipinski definition) is 2. The van der Waals surface area contributed by atoms with E-state index >= 15 is 0 Å². The lowest BCUT2D eigenvalue weighted by Gasteiger charge is -2.42. The molecule has 0 aliphatic heterocycles. The number of rotatable bonds is 5. The minimum absolute atomic E-state index is 0.217. The van der Waals surface area contributed by atoms with E-state index in [1.807, 2.05) is 19.1 Å². The van der Waals surface area contributed by atoms with Crippen molar-refractivity contribution < 1.29 is 5.11 Å². The molecule has 1 aliphatic rings. The summed E-state index contributed by atoms with van der Waals surface area (Å²) in [4.78, 5) is 0. The predicted octanol–water partition coefficient (Wildman–Crippen LogP) is 3.93. The van der Waals surface area contributed by atoms with Gasteiger partial charge < -0.3 is 10.4 Å². The van der Waals surface area contributed by atoms with E-state index in [0.717, 1.165) is 17.7 Å². The van der Waals surface area contributed by atoms with Crippen LogP contribution in [0.3, 0.4) is 0 Å². The van der Waals surface area contributed by atoms with Crippen LogP contribution in [-0.2, 0) is 0 Å². The van der Waals surface area contributed by atoms with Crippen molar-refractivity contribution in [3.05, 3.63) is 29.3 Å². The summed E-state index contributed by atoms with van der Waals surface area (Å²) < 4.78 is 0. The molecule has 1 fully saturated rings. The van der Waals surface area contributed by atoms with Crippen LogP contribution in [0.5, 0.6) is 5.75 Å². The quantitative estimate of drug-likeness (QED) is 0.826. The Balaban J connectivity index is 1.97. The largest absolute Gasteiger partial charge is 0.508 e. The van der Waals surface area contributed by atoms with Crippen LogP contribution < -0.4 is 5.32 Å². The van der Waals surface area contributed by atoms with Crippen molar-refractivity contribution in [3.63, 3.8) is 0 Å². The van der Waals surface area contributed by atoms with Crippen LogP contribution in [0.15, 0.2) is 18.2 Å². The van der Waals surface area contributed by atoms with Crippen molar-refractivity contribution >= 4 is 0 Å². The van der Waals surface area contributed by atoms with E-state index < -0.39 is 0 Å². The van der Waals surface area contributed by atoms with E-state index in [1.54, 1.807) is 0 Å². The minimum atomic E-state index is 0.217. The van der Waals surface area contributed by atoms with E-state index in [-0.39, 0.29) is 6.04 Å². The summed E-state index contributed by atoms with van der Waals surface area (Å²) in [5.41, 5.74) is 2.63. The number of phenols is 1. The van der Waals surface area contributed by atoms with Gasteiger partial charge in [-0.2, -0.15) is 0 Å². The third kappa shape index (κ3) is 2.69. The highest BCUT2D eigenvalue weighted by Gasteiger charge is 2.34. The summed E-state index contributed by atoms with van der Waals surface area (Å²) in [5, 5.41) is 13.6. The van der Waals surface area contributed by atoms with Gasteiger partial charge in [-0.25, -0.2) is 0 Å². The molecule has 0 bridgehead atoms. The third-order valence-electron chi connectivity index (χ3n) is 4.60. The second kappa shape index (κ2) is 5.31. The predicted molar refractivity (Wildman–Crippen MR) is 75.8 cm³/mol. The standard InChI is InChI=1S/C16H25NO/c1-4-16(8-5-9-16)11-17-13(3)14-7-6-12(2)10-15(14)18/h6-7,10,13,17-18H,4-5,8-9,11H2,1-3H3. The number of aromatic hydroxyl groups is 1. The lowest BCUT2D eigenvalue weighted by molar-refractivity contribution is 0.120. The molecule has 2 rings (SSSR count). The summed E-state index contributed by atoms with van der Waals surface area (Å²) in [6, 6.07) is 6.15. The molecule has 18 heavy (non-hydrogen) atoms. The van der Waals surface area contributed by atoms with Crippen LogP contribution >= 0.6 is 0 Å². The fourth-order valence-corrected chi connectivity index (χ4v) is 2.83. The first-order valence-electron chi connectivity index (χ1n) is 7.09. The van der Waals surface area contributed by atoms with Gasteiger partial charge in [-0.15, -0.1) is 0 Å². The topological polar surface area (TPSA) is 32.3 Å². The molecule has 0 heterocycles. The monoisotopic (exact) mass is 247 g/mol. The fraction of sp³-hybridized carbons (Fsp3) is 0.625. The van der Waals surface area contributed by atoms with Crippen molar-refractivity contribution in [2.24, 2.45) is 5.41 Å². The van der Waals surface area contributed by atoms with Gasteiger partial charge in [-0.3, -0.25) is 0 Å². The first kappa shape index (κ1) is 13.4. The van der Waals surface area contributed by atoms with Crippen molar-refractivity contribution in [2.45, 2.75) is 52.5 Å². The van der Waals surface area contributed by atoms with E-state index in [0.29, 0.717) is 11.2 Å². The highest BCUT2D eigenvalue weighted by Crippen LogP contribution is 2.43. The number of phenolic OH excluding ortho intramolecular Hbond substituents is 1. The molecule has 2 heteroatoms. The summed E-state index contributed by atoms with van der Waals surface area (Å²) in [6.07, 6.45) is 5.33. The molecule has 0 spiro atoms. The SMILES string of the molecule is CCC1(CNC(C)c2ccc(C)cc2O)CCC1. The van der Waals surface area contributed by atoms with E-state index in [1.165, 1.54) is 25.7 Å². The Kier molecular flexibility index (Phi) is 3.96. The third-order valence-corrected chi connectivity index (χ3v) is 4.60. The van der Waals surface area contributed by atoms with Crippen LogP contribution in [-0.4, -0.2) is 11.7 Å². The van der Waals surface area contributed by atoms with E-state index in [2.05, 4.69) is 25.2 Å². The summed E-state index contributed by atoms with van der Waals surface area (Å²) in [6.45, 7) is 7.49. The van der Waals surface area contributed by atoms with Crippen molar-refractivity contribution in [2.75, 3.05) is 6.54 Å². The Morgan fingerprint density at radius 1 is 1.39 bits per heavy atom. The van der Waals surface area contributed by atoms with Gasteiger partial charge in [-0.05, 0) is 50.2 Å². The lowest BCUT2D eigenvalue weighted by Crippen LogP contribution is -2.40. The molecule has 1 aromatic rings. The van der Waals surface area contributed by atoms with Gasteiger partial charge in [-0.1, -0.05) is 25.5 Å². The fourth-order valence-electron chi connectivity index (χ4n) is 2.83. The Morgan fingerprint density at radius 2 is 2.11 bits per heavy atom.